The molecule has 1 aromatic rings. The molecule has 0 aromatic heterocycles. The molecule has 0 saturated carbocycles. The summed E-state index contributed by atoms with van der Waals surface area (Å²) in [6, 6.07) is 6.65. The molecule has 0 aliphatic carbocycles. The zero-order chi connectivity index (χ0) is 11.3. The summed E-state index contributed by atoms with van der Waals surface area (Å²) in [5.74, 6) is 0.686. The van der Waals surface area contributed by atoms with Gasteiger partial charge in [0.05, 0.1) is 0 Å². The van der Waals surface area contributed by atoms with Crippen LogP contribution >= 0.6 is 0 Å². The van der Waals surface area contributed by atoms with Crippen LogP contribution in [0.1, 0.15) is 37.0 Å². The van der Waals surface area contributed by atoms with Crippen LogP contribution in [0.2, 0.25) is 0 Å². The van der Waals surface area contributed by atoms with Gasteiger partial charge in [0.1, 0.15) is 6.29 Å². The Morgan fingerprint density at radius 2 is 1.87 bits per heavy atom. The quantitative estimate of drug-likeness (QED) is 0.672. The molecule has 0 saturated heterocycles. The molecule has 1 aromatic carbocycles. The second-order valence-corrected chi connectivity index (χ2v) is 4.63. The van der Waals surface area contributed by atoms with Gasteiger partial charge in [0, 0.05) is 6.42 Å². The summed E-state index contributed by atoms with van der Waals surface area (Å²) < 4.78 is 0. The average molecular weight is 204 g/mol. The van der Waals surface area contributed by atoms with Crippen molar-refractivity contribution in [1.82, 2.24) is 0 Å². The number of aldehydes is 1. The van der Waals surface area contributed by atoms with E-state index < -0.39 is 0 Å². The second-order valence-electron chi connectivity index (χ2n) is 4.63. The molecule has 0 amide bonds. The zero-order valence-corrected chi connectivity index (χ0v) is 9.92. The number of hydrogen-bond donors (Lipinski definition) is 0. The van der Waals surface area contributed by atoms with E-state index in [4.69, 9.17) is 0 Å². The lowest BCUT2D eigenvalue weighted by atomic mass is 9.97. The molecule has 0 aliphatic rings. The molecule has 0 heterocycles. The molecule has 0 bridgehead atoms. The van der Waals surface area contributed by atoms with Gasteiger partial charge in [-0.3, -0.25) is 0 Å². The molecule has 1 nitrogen and oxygen atoms in total. The fourth-order valence-electron chi connectivity index (χ4n) is 1.91. The van der Waals surface area contributed by atoms with Crippen molar-refractivity contribution >= 4 is 6.29 Å². The highest BCUT2D eigenvalue weighted by atomic mass is 16.1. The second kappa shape index (κ2) is 5.69. The van der Waals surface area contributed by atoms with Gasteiger partial charge in [-0.25, -0.2) is 0 Å². The van der Waals surface area contributed by atoms with Crippen LogP contribution in [0, 0.1) is 12.8 Å². The van der Waals surface area contributed by atoms with Crippen LogP contribution in [0.15, 0.2) is 18.2 Å². The monoisotopic (exact) mass is 204 g/mol. The summed E-state index contributed by atoms with van der Waals surface area (Å²) in [4.78, 5) is 10.3. The fraction of sp³-hybridized carbons (Fsp3) is 0.500. The maximum atomic E-state index is 10.3. The fourth-order valence-corrected chi connectivity index (χ4v) is 1.91. The van der Waals surface area contributed by atoms with Crippen LogP contribution in [0.3, 0.4) is 0 Å². The number of benzene rings is 1. The van der Waals surface area contributed by atoms with E-state index in [1.807, 2.05) is 0 Å². The zero-order valence-electron chi connectivity index (χ0n) is 9.92. The van der Waals surface area contributed by atoms with Crippen LogP contribution in [0.25, 0.3) is 0 Å². The largest absolute Gasteiger partial charge is 0.303 e. The van der Waals surface area contributed by atoms with E-state index in [1.165, 1.54) is 16.7 Å². The van der Waals surface area contributed by atoms with Gasteiger partial charge in [-0.2, -0.15) is 0 Å². The highest BCUT2D eigenvalue weighted by Crippen LogP contribution is 2.14. The average Bonchev–Trinajstić information content (AvgIpc) is 2.12. The summed E-state index contributed by atoms with van der Waals surface area (Å²) in [7, 11) is 0. The van der Waals surface area contributed by atoms with Gasteiger partial charge in [-0.05, 0) is 36.8 Å². The third kappa shape index (κ3) is 4.28. The third-order valence-corrected chi connectivity index (χ3v) is 2.39. The van der Waals surface area contributed by atoms with E-state index in [-0.39, 0.29) is 0 Å². The van der Waals surface area contributed by atoms with E-state index in [2.05, 4.69) is 39.0 Å². The Bertz CT molecular complexity index is 326. The van der Waals surface area contributed by atoms with Crippen molar-refractivity contribution in [2.75, 3.05) is 0 Å². The number of hydrogen-bond acceptors (Lipinski definition) is 1. The standard InChI is InChI=1S/C14H20O/c1-11(2)7-14-9-12(3)8-13(10-14)5-4-6-15/h6,8-11H,4-5,7H2,1-3H3. The summed E-state index contributed by atoms with van der Waals surface area (Å²) in [6.07, 6.45) is 3.61. The Balaban J connectivity index is 2.79. The molecule has 15 heavy (non-hydrogen) atoms. The van der Waals surface area contributed by atoms with Gasteiger partial charge >= 0.3 is 0 Å². The van der Waals surface area contributed by atoms with Crippen molar-refractivity contribution in [3.8, 4) is 0 Å². The first-order valence-electron chi connectivity index (χ1n) is 5.65. The summed E-state index contributed by atoms with van der Waals surface area (Å²) >= 11 is 0. The predicted molar refractivity (Wildman–Crippen MR) is 64.1 cm³/mol. The Morgan fingerprint density at radius 3 is 2.47 bits per heavy atom. The van der Waals surface area contributed by atoms with Gasteiger partial charge in [-0.15, -0.1) is 0 Å². The Morgan fingerprint density at radius 1 is 1.20 bits per heavy atom. The van der Waals surface area contributed by atoms with Gasteiger partial charge < -0.3 is 4.79 Å². The van der Waals surface area contributed by atoms with Crippen LogP contribution in [-0.4, -0.2) is 6.29 Å². The first-order valence-corrected chi connectivity index (χ1v) is 5.65. The lowest BCUT2D eigenvalue weighted by Gasteiger charge is -2.08. The smallest absolute Gasteiger partial charge is 0.120 e. The molecule has 0 unspecified atom stereocenters. The highest BCUT2D eigenvalue weighted by molar-refractivity contribution is 5.50. The highest BCUT2D eigenvalue weighted by Gasteiger charge is 2.01. The molecule has 0 radical (unpaired) electrons. The minimum absolute atomic E-state index is 0.630. The molecule has 0 N–H and O–H groups in total. The predicted octanol–water partition coefficient (Wildman–Crippen LogP) is 3.33. The van der Waals surface area contributed by atoms with Crippen molar-refractivity contribution < 1.29 is 4.79 Å². The first-order chi connectivity index (χ1) is 7.11. The van der Waals surface area contributed by atoms with Crippen molar-refractivity contribution in [3.63, 3.8) is 0 Å². The summed E-state index contributed by atoms with van der Waals surface area (Å²) in [5.41, 5.74) is 3.98. The summed E-state index contributed by atoms with van der Waals surface area (Å²) in [5, 5.41) is 0. The van der Waals surface area contributed by atoms with E-state index in [1.54, 1.807) is 0 Å². The van der Waals surface area contributed by atoms with Crippen molar-refractivity contribution in [1.29, 1.82) is 0 Å². The molecule has 1 heteroatoms. The number of rotatable bonds is 5. The lowest BCUT2D eigenvalue weighted by molar-refractivity contribution is -0.107. The Kier molecular flexibility index (Phi) is 4.54. The third-order valence-electron chi connectivity index (χ3n) is 2.39. The summed E-state index contributed by atoms with van der Waals surface area (Å²) in [6.45, 7) is 6.58. The normalized spacial score (nSPS) is 10.7. The van der Waals surface area contributed by atoms with E-state index in [9.17, 15) is 4.79 Å². The van der Waals surface area contributed by atoms with Crippen molar-refractivity contribution in [2.24, 2.45) is 5.92 Å². The Labute approximate surface area is 92.5 Å². The molecule has 0 atom stereocenters. The number of carbonyl (C=O) groups excluding carboxylic acids is 1. The molecule has 0 fully saturated rings. The van der Waals surface area contributed by atoms with Gasteiger partial charge in [-0.1, -0.05) is 37.6 Å². The van der Waals surface area contributed by atoms with E-state index in [0.717, 1.165) is 19.1 Å². The SMILES string of the molecule is Cc1cc(CCC=O)cc(CC(C)C)c1. The van der Waals surface area contributed by atoms with Crippen LogP contribution in [0.4, 0.5) is 0 Å². The Hall–Kier alpha value is -1.11. The molecular formula is C14H20O. The van der Waals surface area contributed by atoms with Crippen molar-refractivity contribution in [3.05, 3.63) is 34.9 Å². The number of carbonyl (C=O) groups is 1. The maximum Gasteiger partial charge on any atom is 0.120 e. The topological polar surface area (TPSA) is 17.1 Å². The molecule has 0 spiro atoms. The molecule has 0 aliphatic heterocycles. The number of aryl methyl sites for hydroxylation is 2. The van der Waals surface area contributed by atoms with Gasteiger partial charge in [0.2, 0.25) is 0 Å². The van der Waals surface area contributed by atoms with Crippen LogP contribution in [-0.2, 0) is 17.6 Å². The van der Waals surface area contributed by atoms with Gasteiger partial charge in [0.25, 0.3) is 0 Å². The van der Waals surface area contributed by atoms with E-state index in [0.29, 0.717) is 12.3 Å². The maximum absolute atomic E-state index is 10.3. The molecule has 82 valence electrons. The van der Waals surface area contributed by atoms with Crippen LogP contribution in [0.5, 0.6) is 0 Å². The van der Waals surface area contributed by atoms with Crippen LogP contribution < -0.4 is 0 Å². The minimum atomic E-state index is 0.630. The first kappa shape index (κ1) is 12.0. The van der Waals surface area contributed by atoms with Gasteiger partial charge in [0.15, 0.2) is 0 Å². The van der Waals surface area contributed by atoms with Crippen molar-refractivity contribution in [2.45, 2.75) is 40.0 Å². The minimum Gasteiger partial charge on any atom is -0.303 e. The lowest BCUT2D eigenvalue weighted by Crippen LogP contribution is -1.97. The molecular weight excluding hydrogens is 184 g/mol. The van der Waals surface area contributed by atoms with E-state index >= 15 is 0 Å². The molecule has 1 rings (SSSR count).